The van der Waals surface area contributed by atoms with Crippen molar-refractivity contribution in [2.24, 2.45) is 11.7 Å². The quantitative estimate of drug-likeness (QED) is 0.680. The number of rotatable bonds is 9. The van der Waals surface area contributed by atoms with Gasteiger partial charge in [-0.2, -0.15) is 0 Å². The van der Waals surface area contributed by atoms with E-state index < -0.39 is 10.0 Å². The molecule has 1 aromatic heterocycles. The largest absolute Gasteiger partial charge is 0.381 e. The molecule has 0 saturated heterocycles. The number of nitrogens with two attached hydrogens (primary N) is 1. The summed E-state index contributed by atoms with van der Waals surface area (Å²) >= 11 is 1.42. The van der Waals surface area contributed by atoms with E-state index in [1.807, 2.05) is 0 Å². The molecule has 0 aromatic carbocycles. The van der Waals surface area contributed by atoms with E-state index in [9.17, 15) is 8.42 Å². The van der Waals surface area contributed by atoms with Crippen LogP contribution in [-0.2, 0) is 21.3 Å². The number of hydrogen-bond donors (Lipinski definition) is 2. The Morgan fingerprint density at radius 3 is 2.70 bits per heavy atom. The molecule has 0 atom stereocenters. The highest BCUT2D eigenvalue weighted by atomic mass is 32.2. The summed E-state index contributed by atoms with van der Waals surface area (Å²) in [4.78, 5) is 1.99. The van der Waals surface area contributed by atoms with E-state index in [0.717, 1.165) is 9.75 Å². The van der Waals surface area contributed by atoms with Gasteiger partial charge in [-0.3, -0.25) is 0 Å². The molecule has 1 aromatic rings. The van der Waals surface area contributed by atoms with Gasteiger partial charge in [-0.15, -0.1) is 11.3 Å². The molecular weight excluding hydrogens is 296 g/mol. The Labute approximate surface area is 125 Å². The van der Waals surface area contributed by atoms with Crippen LogP contribution in [0.3, 0.4) is 0 Å². The Morgan fingerprint density at radius 2 is 2.15 bits per heavy atom. The van der Waals surface area contributed by atoms with Crippen molar-refractivity contribution in [1.29, 1.82) is 0 Å². The summed E-state index contributed by atoms with van der Waals surface area (Å²) in [6, 6.07) is 1.65. The van der Waals surface area contributed by atoms with Crippen LogP contribution >= 0.6 is 11.3 Å². The molecule has 0 saturated carbocycles. The highest BCUT2D eigenvalue weighted by Crippen LogP contribution is 2.25. The van der Waals surface area contributed by atoms with Crippen molar-refractivity contribution in [2.75, 3.05) is 19.8 Å². The second-order valence-corrected chi connectivity index (χ2v) is 8.13. The van der Waals surface area contributed by atoms with Crippen LogP contribution in [0.15, 0.2) is 11.0 Å². The number of thiophene rings is 1. The maximum Gasteiger partial charge on any atom is 0.241 e. The Kier molecular flexibility index (Phi) is 7.11. The molecule has 20 heavy (non-hydrogen) atoms. The Bertz CT molecular complexity index is 510. The monoisotopic (exact) mass is 320 g/mol. The van der Waals surface area contributed by atoms with E-state index in [1.165, 1.54) is 11.3 Å². The first kappa shape index (κ1) is 17.6. The van der Waals surface area contributed by atoms with Crippen LogP contribution in [-0.4, -0.2) is 28.2 Å². The molecule has 0 amide bonds. The van der Waals surface area contributed by atoms with Gasteiger partial charge in [0.05, 0.1) is 4.90 Å². The van der Waals surface area contributed by atoms with E-state index in [1.54, 1.807) is 13.0 Å². The zero-order valence-electron chi connectivity index (χ0n) is 12.3. The van der Waals surface area contributed by atoms with E-state index >= 15 is 0 Å². The summed E-state index contributed by atoms with van der Waals surface area (Å²) in [5, 5.41) is 0. The molecule has 0 radical (unpaired) electrons. The van der Waals surface area contributed by atoms with Crippen LogP contribution in [0.2, 0.25) is 0 Å². The topological polar surface area (TPSA) is 81.4 Å². The van der Waals surface area contributed by atoms with Gasteiger partial charge in [-0.25, -0.2) is 13.1 Å². The minimum Gasteiger partial charge on any atom is -0.381 e. The second-order valence-electron chi connectivity index (χ2n) is 5.06. The molecule has 1 rings (SSSR count). The zero-order valence-corrected chi connectivity index (χ0v) is 13.9. The molecule has 0 aliphatic heterocycles. The van der Waals surface area contributed by atoms with Crippen molar-refractivity contribution in [2.45, 2.75) is 38.6 Å². The first-order chi connectivity index (χ1) is 9.36. The Balaban J connectivity index is 2.43. The van der Waals surface area contributed by atoms with Crippen molar-refractivity contribution < 1.29 is 13.2 Å². The number of sulfonamides is 1. The molecular formula is C13H24N2O3S2. The van der Waals surface area contributed by atoms with Crippen molar-refractivity contribution in [3.63, 3.8) is 0 Å². The highest BCUT2D eigenvalue weighted by Gasteiger charge is 2.18. The lowest BCUT2D eigenvalue weighted by atomic mass is 10.2. The summed E-state index contributed by atoms with van der Waals surface area (Å²) < 4.78 is 32.3. The van der Waals surface area contributed by atoms with Gasteiger partial charge in [-0.1, -0.05) is 13.8 Å². The zero-order chi connectivity index (χ0) is 15.2. The molecule has 0 fully saturated rings. The highest BCUT2D eigenvalue weighted by molar-refractivity contribution is 7.89. The summed E-state index contributed by atoms with van der Waals surface area (Å²) in [7, 11) is -3.43. The lowest BCUT2D eigenvalue weighted by Crippen LogP contribution is -2.25. The summed E-state index contributed by atoms with van der Waals surface area (Å²) in [6.07, 6.45) is 0.666. The smallest absolute Gasteiger partial charge is 0.241 e. The van der Waals surface area contributed by atoms with Crippen LogP contribution in [0.1, 0.15) is 30.0 Å². The van der Waals surface area contributed by atoms with Crippen molar-refractivity contribution in [3.8, 4) is 0 Å². The fraction of sp³-hybridized carbons (Fsp3) is 0.692. The van der Waals surface area contributed by atoms with E-state index in [4.69, 9.17) is 10.5 Å². The van der Waals surface area contributed by atoms with Gasteiger partial charge >= 0.3 is 0 Å². The van der Waals surface area contributed by atoms with Gasteiger partial charge in [0.25, 0.3) is 0 Å². The first-order valence-electron chi connectivity index (χ1n) is 6.73. The Morgan fingerprint density at radius 1 is 1.45 bits per heavy atom. The average molecular weight is 320 g/mol. The van der Waals surface area contributed by atoms with Gasteiger partial charge < -0.3 is 10.5 Å². The van der Waals surface area contributed by atoms with E-state index in [-0.39, 0.29) is 0 Å². The predicted molar refractivity (Wildman–Crippen MR) is 82.4 cm³/mol. The molecule has 116 valence electrons. The molecule has 0 unspecified atom stereocenters. The minimum atomic E-state index is -3.43. The third kappa shape index (κ3) is 5.49. The Hall–Kier alpha value is -0.470. The third-order valence-electron chi connectivity index (χ3n) is 2.62. The van der Waals surface area contributed by atoms with Crippen LogP contribution in [0.4, 0.5) is 0 Å². The van der Waals surface area contributed by atoms with Gasteiger partial charge in [0.15, 0.2) is 0 Å². The third-order valence-corrected chi connectivity index (χ3v) is 5.41. The van der Waals surface area contributed by atoms with Crippen molar-refractivity contribution in [1.82, 2.24) is 4.72 Å². The summed E-state index contributed by atoms with van der Waals surface area (Å²) in [5.74, 6) is 0.495. The van der Waals surface area contributed by atoms with Crippen LogP contribution in [0, 0.1) is 12.8 Å². The molecule has 0 spiro atoms. The molecule has 3 N–H and O–H groups in total. The second kappa shape index (κ2) is 8.09. The van der Waals surface area contributed by atoms with Gasteiger partial charge in [0.1, 0.15) is 0 Å². The van der Waals surface area contributed by atoms with E-state index in [0.29, 0.717) is 43.5 Å². The number of aryl methyl sites for hydroxylation is 1. The van der Waals surface area contributed by atoms with Crippen molar-refractivity contribution in [3.05, 3.63) is 15.8 Å². The fourth-order valence-corrected chi connectivity index (χ4v) is 4.26. The summed E-state index contributed by atoms with van der Waals surface area (Å²) in [6.45, 7) is 7.98. The number of hydrogen-bond acceptors (Lipinski definition) is 5. The standard InChI is InChI=1S/C13H24N2O3S2/c1-10(2)9-18-6-4-5-15-20(16,17)13-7-12(8-14)19-11(13)3/h7,10,15H,4-6,8-9,14H2,1-3H3. The van der Waals surface area contributed by atoms with Gasteiger partial charge in [0.2, 0.25) is 10.0 Å². The molecule has 7 heteroatoms. The van der Waals surface area contributed by atoms with E-state index in [2.05, 4.69) is 18.6 Å². The minimum absolute atomic E-state index is 0.339. The van der Waals surface area contributed by atoms with Crippen LogP contribution < -0.4 is 10.5 Å². The summed E-state index contributed by atoms with van der Waals surface area (Å²) in [5.41, 5.74) is 5.53. The lowest BCUT2D eigenvalue weighted by Gasteiger charge is -2.08. The molecule has 5 nitrogen and oxygen atoms in total. The molecule has 0 aliphatic carbocycles. The van der Waals surface area contributed by atoms with Gasteiger partial charge in [-0.05, 0) is 25.3 Å². The van der Waals surface area contributed by atoms with Crippen LogP contribution in [0.25, 0.3) is 0 Å². The van der Waals surface area contributed by atoms with Crippen molar-refractivity contribution >= 4 is 21.4 Å². The van der Waals surface area contributed by atoms with Crippen LogP contribution in [0.5, 0.6) is 0 Å². The average Bonchev–Trinajstić information content (AvgIpc) is 2.75. The van der Waals surface area contributed by atoms with Gasteiger partial charge in [0, 0.05) is 36.1 Å². The molecule has 0 bridgehead atoms. The fourth-order valence-electron chi connectivity index (χ4n) is 1.67. The first-order valence-corrected chi connectivity index (χ1v) is 9.03. The maximum absolute atomic E-state index is 12.1. The maximum atomic E-state index is 12.1. The predicted octanol–water partition coefficient (Wildman–Crippen LogP) is 1.86. The number of nitrogens with one attached hydrogen (secondary N) is 1. The molecule has 0 aliphatic rings. The normalized spacial score (nSPS) is 12.2. The number of ether oxygens (including phenoxy) is 1. The lowest BCUT2D eigenvalue weighted by molar-refractivity contribution is 0.108. The SMILES string of the molecule is Cc1sc(CN)cc1S(=O)(=O)NCCCOCC(C)C. The molecule has 1 heterocycles.